The summed E-state index contributed by atoms with van der Waals surface area (Å²) in [4.78, 5) is 12.9. The molecule has 0 spiro atoms. The predicted octanol–water partition coefficient (Wildman–Crippen LogP) is 4.36. The van der Waals surface area contributed by atoms with E-state index >= 15 is 0 Å². The molecule has 0 saturated heterocycles. The average molecular weight is 520 g/mol. The van der Waals surface area contributed by atoms with Gasteiger partial charge in [-0.15, -0.1) is 0 Å². The molecule has 0 radical (unpaired) electrons. The van der Waals surface area contributed by atoms with Crippen molar-refractivity contribution in [3.05, 3.63) is 94.1 Å². The Kier molecular flexibility index (Phi) is 6.92. The van der Waals surface area contributed by atoms with E-state index in [-0.39, 0.29) is 23.4 Å². The van der Waals surface area contributed by atoms with Crippen molar-refractivity contribution in [2.75, 3.05) is 10.8 Å². The number of anilines is 1. The van der Waals surface area contributed by atoms with E-state index in [4.69, 9.17) is 0 Å². The Bertz CT molecular complexity index is 1060. The zero-order chi connectivity index (χ0) is 20.9. The van der Waals surface area contributed by atoms with Gasteiger partial charge >= 0.3 is 0 Å². The van der Waals surface area contributed by atoms with Crippen LogP contribution in [-0.4, -0.2) is 20.9 Å². The molecule has 5 nitrogen and oxygen atoms in total. The summed E-state index contributed by atoms with van der Waals surface area (Å²) in [6.45, 7) is 1.56. The minimum absolute atomic E-state index is 0.141. The molecule has 0 heterocycles. The molecule has 0 fully saturated rings. The van der Waals surface area contributed by atoms with Gasteiger partial charge in [-0.05, 0) is 71.5 Å². The van der Waals surface area contributed by atoms with E-state index in [9.17, 15) is 13.2 Å². The van der Waals surface area contributed by atoms with Crippen LogP contribution in [0.5, 0.6) is 0 Å². The average Bonchev–Trinajstić information content (AvgIpc) is 2.74. The van der Waals surface area contributed by atoms with Gasteiger partial charge in [0.1, 0.15) is 6.54 Å². The van der Waals surface area contributed by atoms with Gasteiger partial charge < -0.3 is 5.32 Å². The number of carbonyl (C=O) groups excluding carboxylic acids is 1. The Morgan fingerprint density at radius 1 is 0.931 bits per heavy atom. The molecule has 3 rings (SSSR count). The molecule has 0 aliphatic rings. The van der Waals surface area contributed by atoms with Gasteiger partial charge in [-0.2, -0.15) is 0 Å². The van der Waals surface area contributed by atoms with Crippen molar-refractivity contribution in [1.82, 2.24) is 5.32 Å². The fourth-order valence-corrected chi connectivity index (χ4v) is 4.69. The molecule has 0 aliphatic carbocycles. The van der Waals surface area contributed by atoms with Gasteiger partial charge in [-0.1, -0.05) is 48.5 Å². The number of benzene rings is 3. The molecular weight excluding hydrogens is 499 g/mol. The maximum absolute atomic E-state index is 13.3. The lowest BCUT2D eigenvalue weighted by molar-refractivity contribution is -0.120. The number of nitrogens with zero attached hydrogens (tertiary/aromatic N) is 1. The Morgan fingerprint density at radius 2 is 1.48 bits per heavy atom. The van der Waals surface area contributed by atoms with E-state index in [1.54, 1.807) is 30.3 Å². The fourth-order valence-electron chi connectivity index (χ4n) is 2.88. The number of sulfonamides is 1. The standard InChI is InChI=1S/C22H21IN2O3S/c1-17(18-8-4-2-5-9-18)24-22(26)16-25(20-14-12-19(23)13-15-20)29(27,28)21-10-6-3-7-11-21/h2-15,17H,16H2,1H3,(H,24,26)/t17-/m1/s1. The molecule has 0 bridgehead atoms. The fraction of sp³-hybridized carbons (Fsp3) is 0.136. The number of halogens is 1. The second-order valence-corrected chi connectivity index (χ2v) is 9.61. The third-order valence-corrected chi connectivity index (χ3v) is 6.92. The normalized spacial score (nSPS) is 12.2. The first-order valence-electron chi connectivity index (χ1n) is 9.05. The topological polar surface area (TPSA) is 66.5 Å². The van der Waals surface area contributed by atoms with Gasteiger partial charge in [0.25, 0.3) is 10.0 Å². The summed E-state index contributed by atoms with van der Waals surface area (Å²) in [5, 5.41) is 2.88. The summed E-state index contributed by atoms with van der Waals surface area (Å²) >= 11 is 2.15. The first kappa shape index (κ1) is 21.3. The van der Waals surface area contributed by atoms with Crippen LogP contribution in [0.1, 0.15) is 18.5 Å². The molecule has 7 heteroatoms. The molecule has 3 aromatic carbocycles. The van der Waals surface area contributed by atoms with Crippen LogP contribution in [-0.2, 0) is 14.8 Å². The van der Waals surface area contributed by atoms with Crippen LogP contribution < -0.4 is 9.62 Å². The monoisotopic (exact) mass is 520 g/mol. The number of rotatable bonds is 7. The summed E-state index contributed by atoms with van der Waals surface area (Å²) in [5.41, 5.74) is 1.39. The highest BCUT2D eigenvalue weighted by Gasteiger charge is 2.27. The van der Waals surface area contributed by atoms with Gasteiger partial charge in [0.05, 0.1) is 16.6 Å². The van der Waals surface area contributed by atoms with E-state index in [0.717, 1.165) is 13.4 Å². The maximum Gasteiger partial charge on any atom is 0.264 e. The van der Waals surface area contributed by atoms with E-state index in [2.05, 4.69) is 27.9 Å². The highest BCUT2D eigenvalue weighted by atomic mass is 127. The van der Waals surface area contributed by atoms with E-state index < -0.39 is 10.0 Å². The zero-order valence-corrected chi connectivity index (χ0v) is 18.8. The minimum Gasteiger partial charge on any atom is -0.348 e. The highest BCUT2D eigenvalue weighted by Crippen LogP contribution is 2.24. The number of hydrogen-bond acceptors (Lipinski definition) is 3. The van der Waals surface area contributed by atoms with Crippen molar-refractivity contribution in [2.24, 2.45) is 0 Å². The number of carbonyl (C=O) groups is 1. The third kappa shape index (κ3) is 5.36. The van der Waals surface area contributed by atoms with Crippen LogP contribution in [0.15, 0.2) is 89.8 Å². The van der Waals surface area contributed by atoms with Crippen molar-refractivity contribution in [1.29, 1.82) is 0 Å². The number of hydrogen-bond donors (Lipinski definition) is 1. The maximum atomic E-state index is 13.3. The lowest BCUT2D eigenvalue weighted by Crippen LogP contribution is -2.41. The largest absolute Gasteiger partial charge is 0.348 e. The molecule has 0 aliphatic heterocycles. The molecule has 1 N–H and O–H groups in total. The van der Waals surface area contributed by atoms with Crippen LogP contribution >= 0.6 is 22.6 Å². The second-order valence-electron chi connectivity index (χ2n) is 6.50. The number of nitrogens with one attached hydrogen (secondary N) is 1. The van der Waals surface area contributed by atoms with Crippen molar-refractivity contribution < 1.29 is 13.2 Å². The van der Waals surface area contributed by atoms with E-state index in [0.29, 0.717) is 5.69 Å². The lowest BCUT2D eigenvalue weighted by atomic mass is 10.1. The third-order valence-electron chi connectivity index (χ3n) is 4.41. The molecule has 0 aromatic heterocycles. The lowest BCUT2D eigenvalue weighted by Gasteiger charge is -2.25. The first-order chi connectivity index (χ1) is 13.9. The second kappa shape index (κ2) is 9.41. The van der Waals surface area contributed by atoms with Crippen LogP contribution in [0, 0.1) is 3.57 Å². The molecule has 150 valence electrons. The summed E-state index contributed by atoms with van der Waals surface area (Å²) in [5.74, 6) is -0.376. The zero-order valence-electron chi connectivity index (χ0n) is 15.8. The van der Waals surface area contributed by atoms with Crippen LogP contribution in [0.4, 0.5) is 5.69 Å². The summed E-state index contributed by atoms with van der Waals surface area (Å²) < 4.78 is 28.6. The molecule has 29 heavy (non-hydrogen) atoms. The molecule has 3 aromatic rings. The van der Waals surface area contributed by atoms with Gasteiger partial charge in [0.2, 0.25) is 5.91 Å². The Morgan fingerprint density at radius 3 is 2.07 bits per heavy atom. The van der Waals surface area contributed by atoms with Crippen LogP contribution in [0.2, 0.25) is 0 Å². The molecule has 0 saturated carbocycles. The van der Waals surface area contributed by atoms with Gasteiger partial charge in [-0.3, -0.25) is 9.10 Å². The first-order valence-corrected chi connectivity index (χ1v) is 11.6. The van der Waals surface area contributed by atoms with E-state index in [1.165, 1.54) is 12.1 Å². The quantitative estimate of drug-likeness (QED) is 0.471. The highest BCUT2D eigenvalue weighted by molar-refractivity contribution is 14.1. The van der Waals surface area contributed by atoms with Crippen molar-refractivity contribution in [3.8, 4) is 0 Å². The molecule has 0 unspecified atom stereocenters. The Hall–Kier alpha value is -2.39. The molecule has 1 amide bonds. The van der Waals surface area contributed by atoms with Crippen LogP contribution in [0.25, 0.3) is 0 Å². The van der Waals surface area contributed by atoms with Crippen molar-refractivity contribution >= 4 is 44.2 Å². The molecule has 1 atom stereocenters. The molecular formula is C22H21IN2O3S. The SMILES string of the molecule is C[C@@H](NC(=O)CN(c1ccc(I)cc1)S(=O)(=O)c1ccccc1)c1ccccc1. The Balaban J connectivity index is 1.87. The summed E-state index contributed by atoms with van der Waals surface area (Å²) in [6, 6.07) is 24.5. The summed E-state index contributed by atoms with van der Waals surface area (Å²) in [6.07, 6.45) is 0. The predicted molar refractivity (Wildman–Crippen MR) is 123 cm³/mol. The smallest absolute Gasteiger partial charge is 0.264 e. The Labute approximate surface area is 184 Å². The van der Waals surface area contributed by atoms with Gasteiger partial charge in [-0.25, -0.2) is 8.42 Å². The number of amides is 1. The van der Waals surface area contributed by atoms with Gasteiger partial charge in [0.15, 0.2) is 0 Å². The van der Waals surface area contributed by atoms with Crippen molar-refractivity contribution in [2.45, 2.75) is 17.9 Å². The summed E-state index contributed by atoms with van der Waals surface area (Å²) in [7, 11) is -3.89. The van der Waals surface area contributed by atoms with Crippen LogP contribution in [0.3, 0.4) is 0 Å². The van der Waals surface area contributed by atoms with Crippen molar-refractivity contribution in [3.63, 3.8) is 0 Å². The van der Waals surface area contributed by atoms with E-state index in [1.807, 2.05) is 49.4 Å². The minimum atomic E-state index is -3.89. The van der Waals surface area contributed by atoms with Gasteiger partial charge in [0, 0.05) is 3.57 Å².